The fraction of sp³-hybridized carbons (Fsp3) is 0.429. The third kappa shape index (κ3) is 1.43. The number of nitrogens with zero attached hydrogens (tertiary/aromatic N) is 2. The van der Waals surface area contributed by atoms with Crippen LogP contribution in [0.15, 0.2) is 6.20 Å². The van der Waals surface area contributed by atoms with E-state index in [0.717, 1.165) is 0 Å². The molecule has 3 nitrogen and oxygen atoms in total. The molecule has 1 aromatic rings. The molecule has 1 aromatic heterocycles. The van der Waals surface area contributed by atoms with E-state index in [1.54, 1.807) is 0 Å². The fourth-order valence-electron chi connectivity index (χ4n) is 0.592. The molecule has 3 heteroatoms. The number of aromatic nitrogens is 2. The summed E-state index contributed by atoms with van der Waals surface area (Å²) in [7, 11) is 0. The zero-order chi connectivity index (χ0) is 7.56. The Balaban J connectivity index is 2.96. The van der Waals surface area contributed by atoms with Gasteiger partial charge < -0.3 is 5.11 Å². The van der Waals surface area contributed by atoms with Crippen molar-refractivity contribution in [3.05, 3.63) is 18.1 Å². The first-order chi connectivity index (χ1) is 4.70. The molecule has 0 aliphatic heterocycles. The van der Waals surface area contributed by atoms with Gasteiger partial charge in [-0.2, -0.15) is 0 Å². The Hall–Kier alpha value is -1.12. The van der Waals surface area contributed by atoms with Crippen LogP contribution in [0.5, 0.6) is 5.88 Å². The lowest BCUT2D eigenvalue weighted by molar-refractivity contribution is 0.446. The molecule has 0 aliphatic rings. The molecule has 53 valence electrons. The average molecular weight is 137 g/mol. The normalized spacial score (nSPS) is 10.3. The minimum absolute atomic E-state index is 0.0394. The zero-order valence-corrected chi connectivity index (χ0v) is 6.00. The summed E-state index contributed by atoms with van der Waals surface area (Å²) in [6.45, 7) is 3.94. The molecule has 0 atom stereocenters. The van der Waals surface area contributed by atoms with Gasteiger partial charge in [0.2, 0.25) is 5.88 Å². The van der Waals surface area contributed by atoms with Crippen LogP contribution in [0, 0.1) is 6.20 Å². The Morgan fingerprint density at radius 3 is 2.70 bits per heavy atom. The molecule has 0 amide bonds. The molecule has 0 fully saturated rings. The molecule has 1 heterocycles. The van der Waals surface area contributed by atoms with Gasteiger partial charge in [-0.3, -0.25) is 0 Å². The number of rotatable bonds is 1. The van der Waals surface area contributed by atoms with E-state index in [-0.39, 0.29) is 11.8 Å². The predicted molar refractivity (Wildman–Crippen MR) is 36.6 cm³/mol. The van der Waals surface area contributed by atoms with Crippen LogP contribution < -0.4 is 0 Å². The van der Waals surface area contributed by atoms with Crippen molar-refractivity contribution < 1.29 is 5.11 Å². The summed E-state index contributed by atoms with van der Waals surface area (Å²) < 4.78 is 0. The molecule has 0 aromatic carbocycles. The van der Waals surface area contributed by atoms with E-state index < -0.39 is 0 Å². The molecule has 0 saturated heterocycles. The van der Waals surface area contributed by atoms with E-state index in [4.69, 9.17) is 5.11 Å². The Morgan fingerprint density at radius 1 is 1.60 bits per heavy atom. The smallest absolute Gasteiger partial charge is 0.230 e. The molecule has 1 radical (unpaired) electrons. The lowest BCUT2D eigenvalue weighted by atomic mass is 10.1. The first-order valence-corrected chi connectivity index (χ1v) is 3.13. The van der Waals surface area contributed by atoms with Crippen LogP contribution in [0.4, 0.5) is 0 Å². The number of aromatic hydroxyl groups is 1. The molecule has 0 bridgehead atoms. The number of hydrogen-bond acceptors (Lipinski definition) is 3. The van der Waals surface area contributed by atoms with Crippen LogP contribution in [-0.2, 0) is 0 Å². The van der Waals surface area contributed by atoms with Gasteiger partial charge in [-0.15, -0.1) is 0 Å². The van der Waals surface area contributed by atoms with Crippen LogP contribution >= 0.6 is 0 Å². The van der Waals surface area contributed by atoms with Crippen LogP contribution in [-0.4, -0.2) is 15.1 Å². The van der Waals surface area contributed by atoms with Crippen molar-refractivity contribution >= 4 is 0 Å². The minimum Gasteiger partial charge on any atom is -0.492 e. The van der Waals surface area contributed by atoms with Gasteiger partial charge in [-0.25, -0.2) is 9.97 Å². The van der Waals surface area contributed by atoms with Gasteiger partial charge in [0.1, 0.15) is 6.20 Å². The van der Waals surface area contributed by atoms with E-state index >= 15 is 0 Å². The monoisotopic (exact) mass is 137 g/mol. The van der Waals surface area contributed by atoms with Crippen molar-refractivity contribution in [2.45, 2.75) is 19.8 Å². The highest BCUT2D eigenvalue weighted by Gasteiger charge is 2.01. The van der Waals surface area contributed by atoms with E-state index in [0.29, 0.717) is 5.69 Å². The van der Waals surface area contributed by atoms with E-state index in [1.165, 1.54) is 6.20 Å². The van der Waals surface area contributed by atoms with Crippen LogP contribution in [0.2, 0.25) is 0 Å². The summed E-state index contributed by atoms with van der Waals surface area (Å²) >= 11 is 0. The summed E-state index contributed by atoms with van der Waals surface area (Å²) in [5, 5.41) is 8.87. The maximum atomic E-state index is 8.87. The molecule has 1 N–H and O–H groups in total. The van der Waals surface area contributed by atoms with Gasteiger partial charge in [-0.1, -0.05) is 13.8 Å². The second-order valence-corrected chi connectivity index (χ2v) is 2.38. The molecule has 0 unspecified atom stereocenters. The van der Waals surface area contributed by atoms with Gasteiger partial charge >= 0.3 is 0 Å². The zero-order valence-electron chi connectivity index (χ0n) is 6.00. The SMILES string of the molecule is CC(C)c1[c]ncc(O)n1. The van der Waals surface area contributed by atoms with E-state index in [1.807, 2.05) is 13.8 Å². The van der Waals surface area contributed by atoms with Gasteiger partial charge in [0, 0.05) is 0 Å². The molecule has 1 rings (SSSR count). The Kier molecular flexibility index (Phi) is 1.85. The molecule has 0 aliphatic carbocycles. The quantitative estimate of drug-likeness (QED) is 0.630. The Bertz CT molecular complexity index is 223. The summed E-state index contributed by atoms with van der Waals surface area (Å²) in [6.07, 6.45) is 3.96. The van der Waals surface area contributed by atoms with Crippen LogP contribution in [0.3, 0.4) is 0 Å². The maximum Gasteiger partial charge on any atom is 0.230 e. The third-order valence-corrected chi connectivity index (χ3v) is 1.14. The standard InChI is InChI=1S/C7H9N2O/c1-5(2)6-3-8-4-7(10)9-6/h4-5H,1-2H3,(H,9,10). The summed E-state index contributed by atoms with van der Waals surface area (Å²) in [4.78, 5) is 7.48. The van der Waals surface area contributed by atoms with Crippen molar-refractivity contribution in [1.82, 2.24) is 9.97 Å². The van der Waals surface area contributed by atoms with Gasteiger partial charge in [0.15, 0.2) is 0 Å². The van der Waals surface area contributed by atoms with Crippen molar-refractivity contribution in [2.75, 3.05) is 0 Å². The predicted octanol–water partition coefficient (Wildman–Crippen LogP) is 1.11. The Morgan fingerprint density at radius 2 is 2.30 bits per heavy atom. The first-order valence-electron chi connectivity index (χ1n) is 3.13. The molecule has 0 spiro atoms. The summed E-state index contributed by atoms with van der Waals surface area (Å²) in [5.74, 6) is 0.224. The summed E-state index contributed by atoms with van der Waals surface area (Å²) in [6, 6.07) is 0. The fourth-order valence-corrected chi connectivity index (χ4v) is 0.592. The first kappa shape index (κ1) is 6.99. The molecule has 0 saturated carbocycles. The average Bonchev–Trinajstić information content (AvgIpc) is 1.88. The Labute approximate surface area is 59.8 Å². The highest BCUT2D eigenvalue weighted by atomic mass is 16.3. The third-order valence-electron chi connectivity index (χ3n) is 1.14. The van der Waals surface area contributed by atoms with Crippen molar-refractivity contribution in [3.63, 3.8) is 0 Å². The second-order valence-electron chi connectivity index (χ2n) is 2.38. The second kappa shape index (κ2) is 2.64. The lowest BCUT2D eigenvalue weighted by Crippen LogP contribution is -1.93. The highest BCUT2D eigenvalue weighted by Crippen LogP contribution is 2.11. The van der Waals surface area contributed by atoms with Crippen molar-refractivity contribution in [1.29, 1.82) is 0 Å². The van der Waals surface area contributed by atoms with Crippen LogP contribution in [0.25, 0.3) is 0 Å². The maximum absolute atomic E-state index is 8.87. The van der Waals surface area contributed by atoms with Gasteiger partial charge in [-0.05, 0) is 5.92 Å². The molecular formula is C7H9N2O. The largest absolute Gasteiger partial charge is 0.492 e. The van der Waals surface area contributed by atoms with Gasteiger partial charge in [0.25, 0.3) is 0 Å². The highest BCUT2D eigenvalue weighted by molar-refractivity contribution is 5.07. The van der Waals surface area contributed by atoms with Crippen LogP contribution in [0.1, 0.15) is 25.5 Å². The number of hydrogen-bond donors (Lipinski definition) is 1. The van der Waals surface area contributed by atoms with Crippen molar-refractivity contribution in [3.8, 4) is 5.88 Å². The lowest BCUT2D eigenvalue weighted by Gasteiger charge is -2.00. The van der Waals surface area contributed by atoms with E-state index in [2.05, 4.69) is 16.2 Å². The topological polar surface area (TPSA) is 46.0 Å². The van der Waals surface area contributed by atoms with Crippen molar-refractivity contribution in [2.24, 2.45) is 0 Å². The molecule has 10 heavy (non-hydrogen) atoms. The summed E-state index contributed by atoms with van der Waals surface area (Å²) in [5.41, 5.74) is 0.694. The van der Waals surface area contributed by atoms with E-state index in [9.17, 15) is 0 Å². The minimum atomic E-state index is -0.0394. The van der Waals surface area contributed by atoms with Gasteiger partial charge in [0.05, 0.1) is 11.9 Å². The molecular weight excluding hydrogens is 128 g/mol.